The number of aliphatic hydroxyl groups is 1. The van der Waals surface area contributed by atoms with E-state index in [2.05, 4.69) is 15.0 Å². The van der Waals surface area contributed by atoms with Gasteiger partial charge < -0.3 is 24.1 Å². The molecule has 2 aliphatic rings. The Kier molecular flexibility index (Phi) is 10.2. The lowest BCUT2D eigenvalue weighted by atomic mass is 9.93. The summed E-state index contributed by atoms with van der Waals surface area (Å²) in [6.07, 6.45) is -0.599. The molecule has 2 fully saturated rings. The fourth-order valence-electron chi connectivity index (χ4n) is 5.36. The van der Waals surface area contributed by atoms with E-state index in [1.54, 1.807) is 55.9 Å². The molecule has 4 atom stereocenters. The first-order valence-corrected chi connectivity index (χ1v) is 15.6. The summed E-state index contributed by atoms with van der Waals surface area (Å²) >= 11 is 7.82. The molecular weight excluding hydrogens is 603 g/mol. The van der Waals surface area contributed by atoms with E-state index in [9.17, 15) is 14.7 Å². The number of ether oxygens (including phenoxy) is 4. The molecule has 0 radical (unpaired) electrons. The maximum absolute atomic E-state index is 15.6. The topological polar surface area (TPSA) is 135 Å². The van der Waals surface area contributed by atoms with Crippen LogP contribution in [0.5, 0.6) is 0 Å². The van der Waals surface area contributed by atoms with Crippen LogP contribution in [-0.4, -0.2) is 85.6 Å². The van der Waals surface area contributed by atoms with Gasteiger partial charge >= 0.3 is 11.9 Å². The summed E-state index contributed by atoms with van der Waals surface area (Å²) in [5, 5.41) is 11.8. The lowest BCUT2D eigenvalue weighted by molar-refractivity contribution is -0.197. The zero-order chi connectivity index (χ0) is 30.6. The number of aromatic nitrogens is 4. The predicted molar refractivity (Wildman–Crippen MR) is 155 cm³/mol. The Hall–Kier alpha value is -2.84. The molecule has 11 nitrogen and oxygen atoms in total. The van der Waals surface area contributed by atoms with Crippen molar-refractivity contribution in [2.45, 2.75) is 86.4 Å². The molecule has 1 aromatic carbocycles. The third-order valence-electron chi connectivity index (χ3n) is 7.51. The van der Waals surface area contributed by atoms with Gasteiger partial charge in [0, 0.05) is 11.7 Å². The third kappa shape index (κ3) is 6.65. The molecule has 2 aromatic heterocycles. The van der Waals surface area contributed by atoms with Crippen molar-refractivity contribution in [1.29, 1.82) is 0 Å². The first-order chi connectivity index (χ1) is 20.8. The Balaban J connectivity index is 1.40. The first-order valence-electron chi connectivity index (χ1n) is 14.3. The molecule has 1 aliphatic carbocycles. The molecule has 14 heteroatoms. The van der Waals surface area contributed by atoms with E-state index in [1.165, 1.54) is 10.9 Å². The van der Waals surface area contributed by atoms with Gasteiger partial charge in [0.1, 0.15) is 22.8 Å². The Bertz CT molecular complexity index is 1410. The van der Waals surface area contributed by atoms with E-state index in [0.717, 1.165) is 25.7 Å². The highest BCUT2D eigenvalue weighted by Gasteiger charge is 2.53. The minimum atomic E-state index is -2.21. The zero-order valence-electron chi connectivity index (χ0n) is 23.9. The summed E-state index contributed by atoms with van der Waals surface area (Å²) in [5.74, 6) is -1.92. The maximum Gasteiger partial charge on any atom is 0.350 e. The normalized spacial score (nSPS) is 22.7. The van der Waals surface area contributed by atoms with Gasteiger partial charge in [0.2, 0.25) is 5.28 Å². The molecule has 0 spiro atoms. The van der Waals surface area contributed by atoms with Crippen LogP contribution in [-0.2, 0) is 35.0 Å². The third-order valence-corrected chi connectivity index (χ3v) is 8.99. The van der Waals surface area contributed by atoms with Crippen molar-refractivity contribution in [3.8, 4) is 0 Å². The quantitative estimate of drug-likeness (QED) is 0.132. The molecule has 0 amide bonds. The van der Waals surface area contributed by atoms with E-state index in [0.29, 0.717) is 21.4 Å². The Morgan fingerprint density at radius 1 is 1.14 bits per heavy atom. The summed E-state index contributed by atoms with van der Waals surface area (Å²) in [7, 11) is 0. The number of nitrogens with zero attached hydrogens (tertiary/aromatic N) is 4. The van der Waals surface area contributed by atoms with Crippen molar-refractivity contribution < 1.29 is 38.0 Å². The lowest BCUT2D eigenvalue weighted by Gasteiger charge is -2.30. The van der Waals surface area contributed by atoms with Crippen molar-refractivity contribution in [3.05, 3.63) is 47.5 Å². The predicted octanol–water partition coefficient (Wildman–Crippen LogP) is 4.24. The van der Waals surface area contributed by atoms with Crippen LogP contribution in [0.15, 0.2) is 41.7 Å². The van der Waals surface area contributed by atoms with Gasteiger partial charge in [-0.3, -0.25) is 4.57 Å². The number of imidazole rings is 1. The van der Waals surface area contributed by atoms with Gasteiger partial charge in [-0.1, -0.05) is 43.2 Å². The van der Waals surface area contributed by atoms with Gasteiger partial charge in [-0.15, -0.1) is 11.8 Å². The van der Waals surface area contributed by atoms with Crippen LogP contribution in [0.25, 0.3) is 11.2 Å². The number of fused-ring (bicyclic) bond motifs is 1. The highest BCUT2D eigenvalue weighted by Crippen LogP contribution is 2.39. The molecular formula is C29H34ClFN4O7S. The number of halogens is 2. The van der Waals surface area contributed by atoms with Gasteiger partial charge in [0.15, 0.2) is 18.0 Å². The second-order valence-electron chi connectivity index (χ2n) is 10.4. The number of rotatable bonds is 12. The number of carbonyl (C=O) groups excluding carboxylic acids is 2. The number of thioether (sulfide) groups is 1. The van der Waals surface area contributed by atoms with Crippen molar-refractivity contribution in [2.75, 3.05) is 19.8 Å². The number of hydrogen-bond donors (Lipinski definition) is 1. The van der Waals surface area contributed by atoms with Crippen LogP contribution >= 0.6 is 23.4 Å². The largest absolute Gasteiger partial charge is 0.463 e. The average Bonchev–Trinajstić information content (AvgIpc) is 3.72. The molecule has 3 aromatic rings. The summed E-state index contributed by atoms with van der Waals surface area (Å²) in [6.45, 7) is 2.64. The highest BCUT2D eigenvalue weighted by atomic mass is 35.5. The summed E-state index contributed by atoms with van der Waals surface area (Å²) in [4.78, 5) is 39.6. The second-order valence-corrected chi connectivity index (χ2v) is 12.0. The number of alkyl halides is 1. The number of hydrogen-bond acceptors (Lipinski definition) is 11. The molecule has 3 heterocycles. The van der Waals surface area contributed by atoms with Gasteiger partial charge in [0.05, 0.1) is 26.1 Å². The van der Waals surface area contributed by atoms with E-state index >= 15 is 4.39 Å². The van der Waals surface area contributed by atoms with Crippen molar-refractivity contribution >= 4 is 46.5 Å². The first kappa shape index (κ1) is 31.6. The van der Waals surface area contributed by atoms with Crippen LogP contribution in [0.1, 0.15) is 51.3 Å². The minimum absolute atomic E-state index is 0.0156. The minimum Gasteiger partial charge on any atom is -0.463 e. The van der Waals surface area contributed by atoms with E-state index < -0.39 is 48.8 Å². The average molecular weight is 637 g/mol. The van der Waals surface area contributed by atoms with Crippen molar-refractivity contribution in [1.82, 2.24) is 19.5 Å². The zero-order valence-corrected chi connectivity index (χ0v) is 25.4. The van der Waals surface area contributed by atoms with E-state index in [-0.39, 0.29) is 30.6 Å². The number of esters is 2. The summed E-state index contributed by atoms with van der Waals surface area (Å²) in [6, 6.07) is 8.74. The second kappa shape index (κ2) is 13.9. The van der Waals surface area contributed by atoms with Gasteiger partial charge in [-0.25, -0.2) is 23.9 Å². The molecule has 1 saturated carbocycles. The van der Waals surface area contributed by atoms with Crippen LogP contribution < -0.4 is 0 Å². The van der Waals surface area contributed by atoms with E-state index in [1.807, 2.05) is 0 Å². The van der Waals surface area contributed by atoms with Gasteiger partial charge in [0.25, 0.3) is 5.60 Å². The standard InChI is InChI=1S/C29H34ClFN4O7S/c1-3-39-26(37)29(27(38)40-4-2,14-17-10-6-5-7-11-17)41-15-19-22(36)20(31)25(42-19)35-16-32-21-23(35)33-28(30)34-24(21)43-18-12-8-9-13-18/h5-7,10-11,16,18-20,22,25,36H,3-4,8-9,12-15H2,1-2H3/t19-,20+,22-,25-/m1/s1. The van der Waals surface area contributed by atoms with Crippen LogP contribution in [0, 0.1) is 0 Å². The molecule has 0 unspecified atom stereocenters. The van der Waals surface area contributed by atoms with Crippen molar-refractivity contribution in [2.24, 2.45) is 0 Å². The Morgan fingerprint density at radius 2 is 1.81 bits per heavy atom. The molecule has 43 heavy (non-hydrogen) atoms. The fourth-order valence-corrected chi connectivity index (χ4v) is 6.86. The Morgan fingerprint density at radius 3 is 2.47 bits per heavy atom. The molecule has 1 N–H and O–H groups in total. The van der Waals surface area contributed by atoms with Gasteiger partial charge in [-0.2, -0.15) is 4.98 Å². The lowest BCUT2D eigenvalue weighted by Crippen LogP contribution is -2.54. The molecule has 5 rings (SSSR count). The number of carbonyl (C=O) groups is 2. The van der Waals surface area contributed by atoms with Crippen LogP contribution in [0.4, 0.5) is 4.39 Å². The number of aliphatic hydroxyl groups excluding tert-OH is 1. The number of benzene rings is 1. The molecule has 232 valence electrons. The smallest absolute Gasteiger partial charge is 0.350 e. The van der Waals surface area contributed by atoms with Crippen LogP contribution in [0.3, 0.4) is 0 Å². The summed E-state index contributed by atoms with van der Waals surface area (Å²) < 4.78 is 39.3. The van der Waals surface area contributed by atoms with E-state index in [4.69, 9.17) is 30.5 Å². The highest BCUT2D eigenvalue weighted by molar-refractivity contribution is 8.00. The Labute approximate surface area is 257 Å². The van der Waals surface area contributed by atoms with Gasteiger partial charge in [-0.05, 0) is 43.9 Å². The summed E-state index contributed by atoms with van der Waals surface area (Å²) in [5.41, 5.74) is -0.892. The maximum atomic E-state index is 15.6. The molecule has 1 aliphatic heterocycles. The molecule has 0 bridgehead atoms. The fraction of sp³-hybridized carbons (Fsp3) is 0.552. The monoisotopic (exact) mass is 636 g/mol. The van der Waals surface area contributed by atoms with Crippen LogP contribution in [0.2, 0.25) is 5.28 Å². The van der Waals surface area contributed by atoms with Crippen molar-refractivity contribution in [3.63, 3.8) is 0 Å². The SMILES string of the molecule is CCOC(=O)C(Cc1ccccc1)(OC[C@H]1O[C@@H](n2cnc3c(SC4CCCC4)nc(Cl)nc32)[C@@H](F)[C@@H]1O)C(=O)OCC. The molecule has 1 saturated heterocycles.